The van der Waals surface area contributed by atoms with Gasteiger partial charge in [-0.3, -0.25) is 14.5 Å². The molecule has 4 rings (SSSR count). The van der Waals surface area contributed by atoms with Gasteiger partial charge in [-0.1, -0.05) is 24.3 Å². The van der Waals surface area contributed by atoms with E-state index in [9.17, 15) is 9.18 Å². The van der Waals surface area contributed by atoms with Crippen molar-refractivity contribution in [2.45, 2.75) is 38.4 Å². The maximum Gasteiger partial charge on any atom is 0.272 e. The minimum Gasteiger partial charge on any atom is -0.346 e. The second-order valence-corrected chi connectivity index (χ2v) is 7.35. The zero-order valence-electron chi connectivity index (χ0n) is 16.4. The second-order valence-electron chi connectivity index (χ2n) is 7.35. The number of hydrogen-bond donors (Lipinski definition) is 2. The molecule has 0 fully saturated rings. The number of rotatable bonds is 6. The van der Waals surface area contributed by atoms with Crippen LogP contribution < -0.4 is 10.6 Å². The lowest BCUT2D eigenvalue weighted by Gasteiger charge is -2.24. The molecule has 2 N–H and O–H groups in total. The molecule has 7 heteroatoms. The zero-order valence-corrected chi connectivity index (χ0v) is 16.4. The van der Waals surface area contributed by atoms with Crippen LogP contribution in [0, 0.1) is 5.82 Å². The third-order valence-corrected chi connectivity index (χ3v) is 5.38. The highest BCUT2D eigenvalue weighted by Crippen LogP contribution is 2.24. The second kappa shape index (κ2) is 8.53. The van der Waals surface area contributed by atoms with Gasteiger partial charge in [0.2, 0.25) is 0 Å². The molecule has 1 atom stereocenters. The Morgan fingerprint density at radius 2 is 2.10 bits per heavy atom. The summed E-state index contributed by atoms with van der Waals surface area (Å²) >= 11 is 0. The van der Waals surface area contributed by atoms with Crippen molar-refractivity contribution < 1.29 is 9.18 Å². The van der Waals surface area contributed by atoms with Crippen molar-refractivity contribution in [1.29, 1.82) is 0 Å². The lowest BCUT2D eigenvalue weighted by atomic mass is 9.91. The Morgan fingerprint density at radius 1 is 1.24 bits per heavy atom. The first-order chi connectivity index (χ1) is 14.1. The molecule has 1 unspecified atom stereocenters. The summed E-state index contributed by atoms with van der Waals surface area (Å²) in [5, 5.41) is 10.8. The molecule has 2 aromatic heterocycles. The van der Waals surface area contributed by atoms with E-state index in [1.807, 2.05) is 25.4 Å². The van der Waals surface area contributed by atoms with Crippen LogP contribution in [0.5, 0.6) is 0 Å². The number of carbonyl (C=O) groups is 1. The Balaban J connectivity index is 1.43. The van der Waals surface area contributed by atoms with Gasteiger partial charge in [-0.2, -0.15) is 5.10 Å². The highest BCUT2D eigenvalue weighted by molar-refractivity contribution is 5.94. The Kier molecular flexibility index (Phi) is 5.67. The van der Waals surface area contributed by atoms with Gasteiger partial charge < -0.3 is 10.6 Å². The van der Waals surface area contributed by atoms with Crippen molar-refractivity contribution in [1.82, 2.24) is 25.4 Å². The number of nitrogens with zero attached hydrogens (tertiary/aromatic N) is 3. The molecule has 29 heavy (non-hydrogen) atoms. The van der Waals surface area contributed by atoms with E-state index in [2.05, 4.69) is 20.7 Å². The van der Waals surface area contributed by atoms with Gasteiger partial charge in [-0.25, -0.2) is 4.39 Å². The number of carbonyl (C=O) groups excluding carboxylic acids is 1. The van der Waals surface area contributed by atoms with Crippen molar-refractivity contribution in [2.24, 2.45) is 7.05 Å². The summed E-state index contributed by atoms with van der Waals surface area (Å²) in [6.45, 7) is 0.877. The molecule has 0 aliphatic heterocycles. The molecule has 1 aliphatic rings. The summed E-state index contributed by atoms with van der Waals surface area (Å²) in [5.74, 6) is -0.589. The van der Waals surface area contributed by atoms with Crippen molar-refractivity contribution in [2.75, 3.05) is 0 Å². The quantitative estimate of drug-likeness (QED) is 0.675. The number of aromatic nitrogens is 3. The van der Waals surface area contributed by atoms with Crippen LogP contribution >= 0.6 is 0 Å². The first-order valence-corrected chi connectivity index (χ1v) is 9.80. The van der Waals surface area contributed by atoms with Crippen LogP contribution in [0.15, 0.2) is 48.8 Å². The van der Waals surface area contributed by atoms with Gasteiger partial charge in [0.25, 0.3) is 5.91 Å². The van der Waals surface area contributed by atoms with Gasteiger partial charge in [0.1, 0.15) is 5.82 Å². The summed E-state index contributed by atoms with van der Waals surface area (Å²) in [6, 6.07) is 10.7. The minimum absolute atomic E-state index is 0.138. The number of fused-ring (bicyclic) bond motifs is 1. The largest absolute Gasteiger partial charge is 0.346 e. The third kappa shape index (κ3) is 4.35. The topological polar surface area (TPSA) is 71.8 Å². The van der Waals surface area contributed by atoms with Crippen molar-refractivity contribution in [3.05, 3.63) is 82.7 Å². The van der Waals surface area contributed by atoms with Gasteiger partial charge in [0.15, 0.2) is 5.69 Å². The van der Waals surface area contributed by atoms with E-state index in [0.29, 0.717) is 11.3 Å². The first-order valence-electron chi connectivity index (χ1n) is 9.80. The van der Waals surface area contributed by atoms with E-state index in [-0.39, 0.29) is 24.3 Å². The van der Waals surface area contributed by atoms with Crippen LogP contribution in [0.25, 0.3) is 0 Å². The van der Waals surface area contributed by atoms with E-state index in [4.69, 9.17) is 0 Å². The maximum atomic E-state index is 13.8. The van der Waals surface area contributed by atoms with Gasteiger partial charge >= 0.3 is 0 Å². The molecule has 0 radical (unpaired) electrons. The highest BCUT2D eigenvalue weighted by Gasteiger charge is 2.28. The number of halogens is 1. The average Bonchev–Trinajstić information content (AvgIpc) is 3.08. The van der Waals surface area contributed by atoms with Crippen LogP contribution in [0.1, 0.15) is 39.3 Å². The van der Waals surface area contributed by atoms with E-state index in [0.717, 1.165) is 42.6 Å². The molecular formula is C22H24FN5O. The number of nitrogens with one attached hydrogen (secondary N) is 2. The molecule has 1 amide bonds. The molecule has 6 nitrogen and oxygen atoms in total. The molecule has 150 valence electrons. The lowest BCUT2D eigenvalue weighted by Crippen LogP contribution is -2.35. The Hall–Kier alpha value is -3.06. The highest BCUT2D eigenvalue weighted by atomic mass is 19.1. The van der Waals surface area contributed by atoms with Crippen molar-refractivity contribution >= 4 is 5.91 Å². The monoisotopic (exact) mass is 393 g/mol. The van der Waals surface area contributed by atoms with E-state index >= 15 is 0 Å². The Labute approximate surface area is 169 Å². The molecule has 1 aromatic carbocycles. The smallest absolute Gasteiger partial charge is 0.272 e. The average molecular weight is 393 g/mol. The summed E-state index contributed by atoms with van der Waals surface area (Å²) in [5.41, 5.74) is 4.11. The summed E-state index contributed by atoms with van der Waals surface area (Å²) < 4.78 is 15.6. The fourth-order valence-electron chi connectivity index (χ4n) is 3.81. The standard InChI is InChI=1S/C22H24FN5O/c1-28-20-9-8-17(25-13-15-5-4-10-24-12-15)11-18(20)21(27-28)22(29)26-14-16-6-2-3-7-19(16)23/h2-7,10,12,17,25H,8-9,11,13-14H2,1H3,(H,26,29). The summed E-state index contributed by atoms with van der Waals surface area (Å²) in [4.78, 5) is 16.9. The number of pyridine rings is 1. The van der Waals surface area contributed by atoms with Gasteiger partial charge in [-0.05, 0) is 37.0 Å². The summed E-state index contributed by atoms with van der Waals surface area (Å²) in [6.07, 6.45) is 6.21. The van der Waals surface area contributed by atoms with Gasteiger partial charge in [0, 0.05) is 55.4 Å². The molecule has 1 aliphatic carbocycles. The van der Waals surface area contributed by atoms with Crippen LogP contribution in [-0.4, -0.2) is 26.7 Å². The van der Waals surface area contributed by atoms with Crippen LogP contribution in [-0.2, 0) is 33.0 Å². The SMILES string of the molecule is Cn1nc(C(=O)NCc2ccccc2F)c2c1CCC(NCc1cccnc1)C2. The lowest BCUT2D eigenvalue weighted by molar-refractivity contribution is 0.0943. The fraction of sp³-hybridized carbons (Fsp3) is 0.318. The van der Waals surface area contributed by atoms with E-state index in [1.165, 1.54) is 6.07 Å². The number of amides is 1. The first kappa shape index (κ1) is 19.3. The Bertz CT molecular complexity index is 1000. The van der Waals surface area contributed by atoms with Crippen LogP contribution in [0.2, 0.25) is 0 Å². The molecule has 0 bridgehead atoms. The van der Waals surface area contributed by atoms with E-state index in [1.54, 1.807) is 29.1 Å². The molecule has 0 saturated heterocycles. The molecule has 0 spiro atoms. The number of aryl methyl sites for hydroxylation is 1. The van der Waals surface area contributed by atoms with Crippen molar-refractivity contribution in [3.63, 3.8) is 0 Å². The number of hydrogen-bond acceptors (Lipinski definition) is 4. The minimum atomic E-state index is -0.324. The zero-order chi connectivity index (χ0) is 20.2. The van der Waals surface area contributed by atoms with Crippen LogP contribution in [0.4, 0.5) is 4.39 Å². The predicted octanol–water partition coefficient (Wildman–Crippen LogP) is 2.53. The summed E-state index contributed by atoms with van der Waals surface area (Å²) in [7, 11) is 1.87. The van der Waals surface area contributed by atoms with Gasteiger partial charge in [0.05, 0.1) is 0 Å². The molecule has 3 aromatic rings. The van der Waals surface area contributed by atoms with Crippen molar-refractivity contribution in [3.8, 4) is 0 Å². The van der Waals surface area contributed by atoms with E-state index < -0.39 is 0 Å². The fourth-order valence-corrected chi connectivity index (χ4v) is 3.81. The molecular weight excluding hydrogens is 369 g/mol. The third-order valence-electron chi connectivity index (χ3n) is 5.38. The van der Waals surface area contributed by atoms with Crippen LogP contribution in [0.3, 0.4) is 0 Å². The number of benzene rings is 1. The Morgan fingerprint density at radius 3 is 2.90 bits per heavy atom. The van der Waals surface area contributed by atoms with Gasteiger partial charge in [-0.15, -0.1) is 0 Å². The predicted molar refractivity (Wildman–Crippen MR) is 108 cm³/mol. The molecule has 2 heterocycles. The normalized spacial score (nSPS) is 15.7. The molecule has 0 saturated carbocycles. The maximum absolute atomic E-state index is 13.8.